The number of amides is 1. The highest BCUT2D eigenvalue weighted by Crippen LogP contribution is 2.40. The van der Waals surface area contributed by atoms with E-state index >= 15 is 0 Å². The minimum absolute atomic E-state index is 0.147. The van der Waals surface area contributed by atoms with Crippen LogP contribution < -0.4 is 10.1 Å². The molecule has 1 N–H and O–H groups in total. The number of benzene rings is 1. The van der Waals surface area contributed by atoms with Crippen LogP contribution in [0.3, 0.4) is 0 Å². The molecule has 3 aromatic rings. The summed E-state index contributed by atoms with van der Waals surface area (Å²) in [4.78, 5) is 31.3. The van der Waals surface area contributed by atoms with E-state index in [4.69, 9.17) is 13.9 Å². The summed E-state index contributed by atoms with van der Waals surface area (Å²) < 4.78 is 15.7. The molecule has 0 radical (unpaired) electrons. The van der Waals surface area contributed by atoms with Gasteiger partial charge in [-0.3, -0.25) is 4.79 Å². The molecule has 9 heteroatoms. The average Bonchev–Trinajstić information content (AvgIpc) is 3.47. The lowest BCUT2D eigenvalue weighted by molar-refractivity contribution is 0.0600. The highest BCUT2D eigenvalue weighted by Gasteiger charge is 2.38. The van der Waals surface area contributed by atoms with Crippen LogP contribution in [0.5, 0.6) is 5.75 Å². The molecule has 1 aliphatic rings. The lowest BCUT2D eigenvalue weighted by Gasteiger charge is -2.42. The van der Waals surface area contributed by atoms with Gasteiger partial charge in [0, 0.05) is 23.4 Å². The van der Waals surface area contributed by atoms with Crippen molar-refractivity contribution >= 4 is 35.0 Å². The van der Waals surface area contributed by atoms with Crippen LogP contribution in [0, 0.1) is 0 Å². The van der Waals surface area contributed by atoms with Crippen molar-refractivity contribution < 1.29 is 23.5 Å². The number of esters is 1. The van der Waals surface area contributed by atoms with Crippen LogP contribution >= 0.6 is 11.3 Å². The maximum atomic E-state index is 13.2. The molecule has 8 nitrogen and oxygen atoms in total. The van der Waals surface area contributed by atoms with Crippen LogP contribution in [0.2, 0.25) is 0 Å². The zero-order valence-electron chi connectivity index (χ0n) is 17.5. The molecule has 0 aliphatic carbocycles. The van der Waals surface area contributed by atoms with E-state index in [1.165, 1.54) is 24.8 Å². The van der Waals surface area contributed by atoms with Crippen LogP contribution in [0.25, 0.3) is 17.4 Å². The molecule has 1 atom stereocenters. The summed E-state index contributed by atoms with van der Waals surface area (Å²) in [5, 5.41) is 5.16. The van der Waals surface area contributed by atoms with Gasteiger partial charge in [-0.2, -0.15) is 0 Å². The van der Waals surface area contributed by atoms with E-state index in [1.54, 1.807) is 48.8 Å². The van der Waals surface area contributed by atoms with Gasteiger partial charge in [0.15, 0.2) is 12.2 Å². The fourth-order valence-electron chi connectivity index (χ4n) is 3.38. The summed E-state index contributed by atoms with van der Waals surface area (Å²) in [6, 6.07) is 5.28. The van der Waals surface area contributed by atoms with Crippen LogP contribution in [-0.4, -0.2) is 48.7 Å². The molecule has 1 amide bonds. The highest BCUT2D eigenvalue weighted by atomic mass is 32.1. The van der Waals surface area contributed by atoms with Gasteiger partial charge >= 0.3 is 5.97 Å². The smallest absolute Gasteiger partial charge is 0.338 e. The topological polar surface area (TPSA) is 93.9 Å². The average molecular weight is 439 g/mol. The van der Waals surface area contributed by atoms with Crippen molar-refractivity contribution in [1.82, 2.24) is 9.88 Å². The molecule has 1 aliphatic heterocycles. The number of methoxy groups -OCH3 is 2. The van der Waals surface area contributed by atoms with Gasteiger partial charge in [-0.05, 0) is 31.2 Å². The number of aromatic nitrogens is 1. The monoisotopic (exact) mass is 439 g/mol. The zero-order chi connectivity index (χ0) is 22.2. The molecule has 0 spiro atoms. The highest BCUT2D eigenvalue weighted by molar-refractivity contribution is 7.11. The zero-order valence-corrected chi connectivity index (χ0v) is 18.3. The summed E-state index contributed by atoms with van der Waals surface area (Å²) in [5.74, 6) is 0.551. The van der Waals surface area contributed by atoms with Gasteiger partial charge in [0.05, 0.1) is 42.8 Å². The Morgan fingerprint density at radius 3 is 2.77 bits per heavy atom. The van der Waals surface area contributed by atoms with Crippen molar-refractivity contribution in [2.45, 2.75) is 12.6 Å². The molecular formula is C22H21N3O5S. The van der Waals surface area contributed by atoms with E-state index in [9.17, 15) is 9.59 Å². The van der Waals surface area contributed by atoms with Gasteiger partial charge in [-0.15, -0.1) is 11.3 Å². The minimum atomic E-state index is -0.793. The second-order valence-corrected chi connectivity index (χ2v) is 8.11. The Kier molecular flexibility index (Phi) is 5.28. The maximum absolute atomic E-state index is 13.2. The number of rotatable bonds is 5. The fourth-order valence-corrected chi connectivity index (χ4v) is 4.15. The maximum Gasteiger partial charge on any atom is 0.338 e. The fraction of sp³-hybridized carbons (Fsp3) is 0.227. The predicted molar refractivity (Wildman–Crippen MR) is 117 cm³/mol. The quantitative estimate of drug-likeness (QED) is 0.598. The number of fused-ring (bicyclic) bond motifs is 1. The van der Waals surface area contributed by atoms with Gasteiger partial charge in [0.25, 0.3) is 5.91 Å². The Morgan fingerprint density at radius 2 is 2.10 bits per heavy atom. The van der Waals surface area contributed by atoms with E-state index in [1.807, 2.05) is 19.1 Å². The molecule has 0 fully saturated rings. The minimum Gasteiger partial charge on any atom is -0.496 e. The van der Waals surface area contributed by atoms with Crippen molar-refractivity contribution in [1.29, 1.82) is 0 Å². The SMILES string of the molecule is COC(=O)c1csc(C=CC2(C)Nc3cc(OC)c(-c4cnco4)cc3C(=O)N2C)c1. The first-order valence-corrected chi connectivity index (χ1v) is 10.3. The summed E-state index contributed by atoms with van der Waals surface area (Å²) >= 11 is 1.42. The second kappa shape index (κ2) is 7.92. The van der Waals surface area contributed by atoms with Crippen molar-refractivity contribution in [3.05, 3.63) is 58.2 Å². The van der Waals surface area contributed by atoms with Crippen LogP contribution in [0.15, 0.2) is 46.7 Å². The first kappa shape index (κ1) is 20.7. The molecule has 0 bridgehead atoms. The number of carbonyl (C=O) groups is 2. The van der Waals surface area contributed by atoms with Crippen molar-refractivity contribution in [3.63, 3.8) is 0 Å². The molecule has 2 aromatic heterocycles. The molecule has 3 heterocycles. The Hall–Kier alpha value is -3.59. The first-order chi connectivity index (χ1) is 14.9. The number of nitrogens with one attached hydrogen (secondary N) is 1. The summed E-state index contributed by atoms with van der Waals surface area (Å²) in [7, 11) is 4.64. The van der Waals surface area contributed by atoms with Crippen molar-refractivity contribution in [3.8, 4) is 17.1 Å². The molecule has 1 unspecified atom stereocenters. The largest absolute Gasteiger partial charge is 0.496 e. The van der Waals surface area contributed by atoms with Gasteiger partial charge < -0.3 is 24.1 Å². The molecule has 1 aromatic carbocycles. The van der Waals surface area contributed by atoms with E-state index in [0.29, 0.717) is 33.9 Å². The summed E-state index contributed by atoms with van der Waals surface area (Å²) in [6.45, 7) is 1.90. The normalized spacial score (nSPS) is 18.1. The number of ether oxygens (including phenoxy) is 2. The van der Waals surface area contributed by atoms with Gasteiger partial charge in [-0.25, -0.2) is 9.78 Å². The second-order valence-electron chi connectivity index (χ2n) is 7.16. The number of nitrogens with zero attached hydrogens (tertiary/aromatic N) is 2. The standard InChI is InChI=1S/C22H21N3O5S/c1-22(6-5-14-7-13(11-31-14)21(27)29-4)24-17-9-18(28-3)16(19-10-23-12-30-19)8-15(17)20(26)25(22)2/h5-12,24H,1-4H3. The third-order valence-electron chi connectivity index (χ3n) is 5.27. The predicted octanol–water partition coefficient (Wildman–Crippen LogP) is 4.13. The molecule has 31 heavy (non-hydrogen) atoms. The summed E-state index contributed by atoms with van der Waals surface area (Å²) in [5.41, 5.74) is 1.50. The number of oxazole rings is 1. The lowest BCUT2D eigenvalue weighted by Crippen LogP contribution is -2.54. The molecule has 0 saturated heterocycles. The molecular weight excluding hydrogens is 418 g/mol. The Labute approximate surface area is 183 Å². The number of hydrogen-bond acceptors (Lipinski definition) is 8. The van der Waals surface area contributed by atoms with E-state index < -0.39 is 5.66 Å². The van der Waals surface area contributed by atoms with E-state index in [-0.39, 0.29) is 11.9 Å². The first-order valence-electron chi connectivity index (χ1n) is 9.39. The molecule has 0 saturated carbocycles. The van der Waals surface area contributed by atoms with Gasteiger partial charge in [0.1, 0.15) is 11.4 Å². The van der Waals surface area contributed by atoms with Gasteiger partial charge in [-0.1, -0.05) is 0 Å². The number of likely N-dealkylation sites (N-methyl/N-ethyl adjacent to an activating group) is 1. The number of anilines is 1. The number of thiophene rings is 1. The van der Waals surface area contributed by atoms with E-state index in [0.717, 1.165) is 4.88 Å². The molecule has 4 rings (SSSR count). The van der Waals surface area contributed by atoms with Crippen molar-refractivity contribution in [2.75, 3.05) is 26.6 Å². The van der Waals surface area contributed by atoms with Crippen molar-refractivity contribution in [2.24, 2.45) is 0 Å². The van der Waals surface area contributed by atoms with Crippen LogP contribution in [0.4, 0.5) is 5.69 Å². The van der Waals surface area contributed by atoms with Crippen LogP contribution in [-0.2, 0) is 4.74 Å². The van der Waals surface area contributed by atoms with Crippen LogP contribution in [0.1, 0.15) is 32.5 Å². The third kappa shape index (κ3) is 3.68. The Balaban J connectivity index is 1.68. The Bertz CT molecular complexity index is 1170. The third-order valence-corrected chi connectivity index (χ3v) is 6.17. The number of carbonyl (C=O) groups excluding carboxylic acids is 2. The molecule has 160 valence electrons. The Morgan fingerprint density at radius 1 is 1.29 bits per heavy atom. The van der Waals surface area contributed by atoms with E-state index in [2.05, 4.69) is 10.3 Å². The summed E-state index contributed by atoms with van der Waals surface area (Å²) in [6.07, 6.45) is 6.67. The van der Waals surface area contributed by atoms with Gasteiger partial charge in [0.2, 0.25) is 0 Å². The lowest BCUT2D eigenvalue weighted by atomic mass is 9.97. The number of hydrogen-bond donors (Lipinski definition) is 1.